The topological polar surface area (TPSA) is 30.9 Å². The van der Waals surface area contributed by atoms with Crippen LogP contribution >= 0.6 is 0 Å². The molecule has 2 fully saturated rings. The maximum absolute atomic E-state index is 5.99. The van der Waals surface area contributed by atoms with E-state index >= 15 is 0 Å². The normalized spacial score (nSPS) is 32.0. The number of nitrogens with zero attached hydrogens (tertiary/aromatic N) is 1. The van der Waals surface area contributed by atoms with Gasteiger partial charge in [0.25, 0.3) is 0 Å². The predicted octanol–water partition coefficient (Wildman–Crippen LogP) is 2.85. The van der Waals surface area contributed by atoms with E-state index in [-0.39, 0.29) is 5.60 Å². The standard InChI is InChI=1S/C18H27NO3/c1-20-15-6-4-5-14(11-15)13-19-10-9-18(22-3)8-7-16(21-2)12-17(18)19/h4-6,11,16-17H,7-10,12-13H2,1-3H3/t16-,17+,18-/m1/s1. The van der Waals surface area contributed by atoms with Crippen LogP contribution in [0.25, 0.3) is 0 Å². The first-order valence-electron chi connectivity index (χ1n) is 8.15. The Morgan fingerprint density at radius 1 is 1.23 bits per heavy atom. The SMILES string of the molecule is COc1cccc(CN2CC[C@]3(OC)CC[C@@H](OC)C[C@H]23)c1. The van der Waals surface area contributed by atoms with Crippen LogP contribution in [0.15, 0.2) is 24.3 Å². The van der Waals surface area contributed by atoms with Crippen LogP contribution in [0.5, 0.6) is 5.75 Å². The van der Waals surface area contributed by atoms with E-state index in [2.05, 4.69) is 23.1 Å². The van der Waals surface area contributed by atoms with E-state index in [1.807, 2.05) is 20.3 Å². The Balaban J connectivity index is 1.76. The molecule has 0 spiro atoms. The maximum atomic E-state index is 5.99. The van der Waals surface area contributed by atoms with Crippen molar-refractivity contribution in [3.8, 4) is 5.75 Å². The lowest BCUT2D eigenvalue weighted by molar-refractivity contribution is -0.0947. The van der Waals surface area contributed by atoms with Gasteiger partial charge in [-0.1, -0.05) is 12.1 Å². The highest BCUT2D eigenvalue weighted by atomic mass is 16.5. The first-order chi connectivity index (χ1) is 10.7. The molecule has 122 valence electrons. The molecule has 1 aromatic carbocycles. The zero-order valence-corrected chi connectivity index (χ0v) is 13.9. The first kappa shape index (κ1) is 15.8. The van der Waals surface area contributed by atoms with Crippen molar-refractivity contribution in [3.63, 3.8) is 0 Å². The van der Waals surface area contributed by atoms with Gasteiger partial charge in [-0.25, -0.2) is 0 Å². The molecule has 1 aliphatic heterocycles. The van der Waals surface area contributed by atoms with Gasteiger partial charge in [-0.05, 0) is 43.4 Å². The van der Waals surface area contributed by atoms with Gasteiger partial charge in [0, 0.05) is 33.4 Å². The number of fused-ring (bicyclic) bond motifs is 1. The van der Waals surface area contributed by atoms with Gasteiger partial charge in [-0.3, -0.25) is 4.90 Å². The average molecular weight is 305 g/mol. The van der Waals surface area contributed by atoms with Gasteiger partial charge in [-0.15, -0.1) is 0 Å². The van der Waals surface area contributed by atoms with Crippen LogP contribution in [-0.2, 0) is 16.0 Å². The number of ether oxygens (including phenoxy) is 3. The second kappa shape index (κ2) is 6.57. The van der Waals surface area contributed by atoms with Crippen molar-refractivity contribution < 1.29 is 14.2 Å². The Kier molecular flexibility index (Phi) is 4.71. The minimum atomic E-state index is 0.0217. The third-order valence-corrected chi connectivity index (χ3v) is 5.51. The van der Waals surface area contributed by atoms with E-state index in [4.69, 9.17) is 14.2 Å². The zero-order chi connectivity index (χ0) is 15.6. The highest BCUT2D eigenvalue weighted by Crippen LogP contribution is 2.43. The van der Waals surface area contributed by atoms with Gasteiger partial charge in [0.15, 0.2) is 0 Å². The van der Waals surface area contributed by atoms with Crippen LogP contribution in [0.3, 0.4) is 0 Å². The fourth-order valence-corrected chi connectivity index (χ4v) is 4.16. The molecule has 3 atom stereocenters. The quantitative estimate of drug-likeness (QED) is 0.837. The Morgan fingerprint density at radius 2 is 2.09 bits per heavy atom. The summed E-state index contributed by atoms with van der Waals surface area (Å²) in [5, 5.41) is 0. The average Bonchev–Trinajstić information content (AvgIpc) is 2.93. The Hall–Kier alpha value is -1.10. The van der Waals surface area contributed by atoms with Crippen LogP contribution in [0.2, 0.25) is 0 Å². The first-order valence-corrected chi connectivity index (χ1v) is 8.15. The number of likely N-dealkylation sites (tertiary alicyclic amines) is 1. The van der Waals surface area contributed by atoms with Gasteiger partial charge in [-0.2, -0.15) is 0 Å². The van der Waals surface area contributed by atoms with Crippen molar-refractivity contribution in [1.29, 1.82) is 0 Å². The van der Waals surface area contributed by atoms with E-state index < -0.39 is 0 Å². The molecule has 0 aromatic heterocycles. The lowest BCUT2D eigenvalue weighted by Gasteiger charge is -2.43. The van der Waals surface area contributed by atoms with Gasteiger partial charge in [0.2, 0.25) is 0 Å². The summed E-state index contributed by atoms with van der Waals surface area (Å²) in [5.74, 6) is 0.924. The second-order valence-corrected chi connectivity index (χ2v) is 6.49. The molecular weight excluding hydrogens is 278 g/mol. The fraction of sp³-hybridized carbons (Fsp3) is 0.667. The van der Waals surface area contributed by atoms with E-state index in [1.54, 1.807) is 7.11 Å². The molecule has 2 aliphatic rings. The molecule has 1 heterocycles. The van der Waals surface area contributed by atoms with Crippen molar-refractivity contribution in [2.45, 2.75) is 50.0 Å². The number of rotatable bonds is 5. The number of benzene rings is 1. The van der Waals surface area contributed by atoms with Crippen LogP contribution in [0, 0.1) is 0 Å². The largest absolute Gasteiger partial charge is 0.497 e. The molecule has 1 aromatic rings. The van der Waals surface area contributed by atoms with Crippen LogP contribution in [0.4, 0.5) is 0 Å². The number of hydrogen-bond acceptors (Lipinski definition) is 4. The summed E-state index contributed by atoms with van der Waals surface area (Å²) in [6, 6.07) is 8.80. The van der Waals surface area contributed by atoms with Crippen molar-refractivity contribution >= 4 is 0 Å². The van der Waals surface area contributed by atoms with Crippen molar-refractivity contribution in [1.82, 2.24) is 4.90 Å². The number of hydrogen-bond donors (Lipinski definition) is 0. The summed E-state index contributed by atoms with van der Waals surface area (Å²) in [7, 11) is 5.41. The minimum Gasteiger partial charge on any atom is -0.497 e. The Labute approximate surface area is 133 Å². The van der Waals surface area contributed by atoms with Gasteiger partial charge < -0.3 is 14.2 Å². The third kappa shape index (κ3) is 2.87. The van der Waals surface area contributed by atoms with E-state index in [1.165, 1.54) is 5.56 Å². The molecule has 0 N–H and O–H groups in total. The van der Waals surface area contributed by atoms with Gasteiger partial charge >= 0.3 is 0 Å². The molecule has 1 saturated carbocycles. The fourth-order valence-electron chi connectivity index (χ4n) is 4.16. The number of methoxy groups -OCH3 is 3. The molecule has 1 aliphatic carbocycles. The van der Waals surface area contributed by atoms with E-state index in [9.17, 15) is 0 Å². The molecule has 0 radical (unpaired) electrons. The third-order valence-electron chi connectivity index (χ3n) is 5.51. The zero-order valence-electron chi connectivity index (χ0n) is 13.9. The summed E-state index contributed by atoms with van der Waals surface area (Å²) >= 11 is 0. The molecule has 4 nitrogen and oxygen atoms in total. The highest BCUT2D eigenvalue weighted by molar-refractivity contribution is 5.28. The molecule has 3 rings (SSSR count). The smallest absolute Gasteiger partial charge is 0.119 e. The molecule has 1 saturated heterocycles. The summed E-state index contributed by atoms with van der Waals surface area (Å²) < 4.78 is 16.9. The Morgan fingerprint density at radius 3 is 2.82 bits per heavy atom. The Bertz CT molecular complexity index is 507. The summed E-state index contributed by atoms with van der Waals surface area (Å²) in [6.45, 7) is 2.04. The van der Waals surface area contributed by atoms with Crippen molar-refractivity contribution in [2.75, 3.05) is 27.9 Å². The van der Waals surface area contributed by atoms with Gasteiger partial charge in [0.05, 0.1) is 18.8 Å². The molecule has 4 heteroatoms. The monoisotopic (exact) mass is 305 g/mol. The lowest BCUT2D eigenvalue weighted by atomic mass is 9.79. The van der Waals surface area contributed by atoms with Crippen molar-refractivity contribution in [3.05, 3.63) is 29.8 Å². The van der Waals surface area contributed by atoms with Gasteiger partial charge in [0.1, 0.15) is 5.75 Å². The van der Waals surface area contributed by atoms with Crippen LogP contribution < -0.4 is 4.74 Å². The molecular formula is C18H27NO3. The molecule has 0 bridgehead atoms. The summed E-state index contributed by atoms with van der Waals surface area (Å²) in [4.78, 5) is 2.56. The second-order valence-electron chi connectivity index (χ2n) is 6.49. The molecule has 0 amide bonds. The summed E-state index contributed by atoms with van der Waals surface area (Å²) in [5.41, 5.74) is 1.32. The lowest BCUT2D eigenvalue weighted by Crippen LogP contribution is -2.51. The highest BCUT2D eigenvalue weighted by Gasteiger charge is 2.50. The maximum Gasteiger partial charge on any atom is 0.119 e. The minimum absolute atomic E-state index is 0.0217. The predicted molar refractivity (Wildman–Crippen MR) is 86.2 cm³/mol. The van der Waals surface area contributed by atoms with E-state index in [0.29, 0.717) is 12.1 Å². The van der Waals surface area contributed by atoms with Crippen LogP contribution in [0.1, 0.15) is 31.2 Å². The summed E-state index contributed by atoms with van der Waals surface area (Å²) in [6.07, 6.45) is 4.75. The van der Waals surface area contributed by atoms with Crippen molar-refractivity contribution in [2.24, 2.45) is 0 Å². The van der Waals surface area contributed by atoms with E-state index in [0.717, 1.165) is 44.5 Å². The molecule has 22 heavy (non-hydrogen) atoms. The molecule has 0 unspecified atom stereocenters. The van der Waals surface area contributed by atoms with Crippen LogP contribution in [-0.4, -0.2) is 50.5 Å².